The molecule has 0 bridgehead atoms. The molecule has 0 saturated carbocycles. The van der Waals surface area contributed by atoms with Crippen molar-refractivity contribution in [2.24, 2.45) is 0 Å². The monoisotopic (exact) mass is 523 g/mol. The number of anilines is 2. The molecule has 188 valence electrons. The van der Waals surface area contributed by atoms with Gasteiger partial charge in [-0.1, -0.05) is 84.9 Å². The molecule has 39 heavy (non-hydrogen) atoms. The fourth-order valence-electron chi connectivity index (χ4n) is 4.23. The maximum atomic E-state index is 13.2. The summed E-state index contributed by atoms with van der Waals surface area (Å²) in [7, 11) is 0. The van der Waals surface area contributed by atoms with Gasteiger partial charge in [0.05, 0.1) is 16.8 Å². The van der Waals surface area contributed by atoms with Crippen molar-refractivity contribution in [3.8, 4) is 22.3 Å². The van der Waals surface area contributed by atoms with Gasteiger partial charge in [-0.25, -0.2) is 4.79 Å². The van der Waals surface area contributed by atoms with Crippen LogP contribution in [0.3, 0.4) is 0 Å². The number of rotatable bonds is 8. The molecule has 5 rings (SSSR count). The molecule has 0 aliphatic heterocycles. The number of hydrogen-bond acceptors (Lipinski definition) is 4. The van der Waals surface area contributed by atoms with E-state index in [-0.39, 0.29) is 40.8 Å². The Morgan fingerprint density at radius 2 is 1.38 bits per heavy atom. The summed E-state index contributed by atoms with van der Waals surface area (Å²) in [5.41, 5.74) is 5.98. The summed E-state index contributed by atoms with van der Waals surface area (Å²) in [4.78, 5) is 29.4. The second kappa shape index (κ2) is 13.0. The molecule has 1 aromatic heterocycles. The van der Waals surface area contributed by atoms with Gasteiger partial charge in [-0.3, -0.25) is 9.78 Å². The third-order valence-electron chi connectivity index (χ3n) is 6.17. The van der Waals surface area contributed by atoms with Crippen molar-refractivity contribution in [1.82, 2.24) is 4.98 Å². The Balaban J connectivity index is 0.00000353. The number of aromatic carboxylic acids is 1. The Morgan fingerprint density at radius 3 is 2.13 bits per heavy atom. The first kappa shape index (κ1) is 27.8. The number of carbonyl (C=O) groups is 2. The molecule has 3 N–H and O–H groups in total. The third-order valence-corrected chi connectivity index (χ3v) is 6.17. The number of pyridine rings is 1. The van der Waals surface area contributed by atoms with Gasteiger partial charge < -0.3 is 15.7 Å². The van der Waals surface area contributed by atoms with Crippen LogP contribution in [0.4, 0.5) is 11.4 Å². The van der Waals surface area contributed by atoms with Gasteiger partial charge in [-0.15, -0.1) is 0 Å². The number of para-hydroxylation sites is 1. The number of amides is 1. The van der Waals surface area contributed by atoms with Crippen molar-refractivity contribution in [2.75, 3.05) is 10.6 Å². The van der Waals surface area contributed by atoms with Crippen LogP contribution in [0.2, 0.25) is 0 Å². The summed E-state index contributed by atoms with van der Waals surface area (Å²) >= 11 is 0. The molecule has 5 aromatic rings. The molecular formula is C32H26N3NaO3. The Morgan fingerprint density at radius 1 is 0.692 bits per heavy atom. The molecule has 1 heterocycles. The molecule has 0 fully saturated rings. The average molecular weight is 524 g/mol. The fraction of sp³-hybridized carbons (Fsp3) is 0.0312. The number of hydrogen-bond donors (Lipinski definition) is 3. The van der Waals surface area contributed by atoms with Gasteiger partial charge in [0.1, 0.15) is 0 Å². The Kier molecular flexibility index (Phi) is 9.28. The van der Waals surface area contributed by atoms with E-state index in [0.717, 1.165) is 33.5 Å². The molecule has 1 amide bonds. The number of carbonyl (C=O) groups excluding carboxylic acids is 1. The van der Waals surface area contributed by atoms with Crippen LogP contribution < -0.4 is 10.6 Å². The molecule has 4 aromatic carbocycles. The van der Waals surface area contributed by atoms with E-state index in [9.17, 15) is 14.7 Å². The number of aromatic nitrogens is 1. The van der Waals surface area contributed by atoms with Gasteiger partial charge in [0.2, 0.25) is 0 Å². The van der Waals surface area contributed by atoms with E-state index in [1.54, 1.807) is 24.4 Å². The minimum atomic E-state index is -1.13. The van der Waals surface area contributed by atoms with E-state index in [1.165, 1.54) is 12.3 Å². The van der Waals surface area contributed by atoms with Crippen LogP contribution in [-0.4, -0.2) is 51.5 Å². The maximum absolute atomic E-state index is 13.2. The molecule has 6 nitrogen and oxygen atoms in total. The Labute approximate surface area is 249 Å². The Bertz CT molecular complexity index is 1590. The van der Waals surface area contributed by atoms with Crippen molar-refractivity contribution >= 4 is 52.8 Å². The van der Waals surface area contributed by atoms with E-state index >= 15 is 0 Å². The normalized spacial score (nSPS) is 10.3. The summed E-state index contributed by atoms with van der Waals surface area (Å²) in [6.45, 7) is 0.638. The molecular weight excluding hydrogens is 497 g/mol. The van der Waals surface area contributed by atoms with Crippen LogP contribution in [-0.2, 0) is 6.54 Å². The SMILES string of the molecule is O=C(Nc1cc(-c2ccccc2NCc2ccccc2)ccc1C(=O)O)c1cncc(-c2ccccc2)c1.[NaH]. The van der Waals surface area contributed by atoms with Crippen LogP contribution in [0.5, 0.6) is 0 Å². The standard InChI is InChI=1S/C32H25N3O3.Na.H/c36-31(26-17-25(20-33-21-26)23-11-5-2-6-12-23)35-30-18-24(15-16-28(30)32(37)38)27-13-7-8-14-29(27)34-19-22-9-3-1-4-10-22;;/h1-18,20-21,34H,19H2,(H,35,36)(H,37,38);;. The zero-order valence-electron chi connectivity index (χ0n) is 20.5. The number of nitrogens with one attached hydrogen (secondary N) is 2. The van der Waals surface area contributed by atoms with Crippen molar-refractivity contribution in [1.29, 1.82) is 0 Å². The van der Waals surface area contributed by atoms with Crippen molar-refractivity contribution < 1.29 is 14.7 Å². The third kappa shape index (κ3) is 6.81. The first-order chi connectivity index (χ1) is 18.6. The topological polar surface area (TPSA) is 91.3 Å². The van der Waals surface area contributed by atoms with Crippen molar-refractivity contribution in [3.05, 3.63) is 138 Å². The number of benzene rings is 4. The van der Waals surface area contributed by atoms with E-state index < -0.39 is 11.9 Å². The summed E-state index contributed by atoms with van der Waals surface area (Å²) in [5.74, 6) is -1.57. The van der Waals surface area contributed by atoms with E-state index in [0.29, 0.717) is 12.1 Å². The predicted octanol–water partition coefficient (Wildman–Crippen LogP) is 6.33. The molecule has 0 unspecified atom stereocenters. The summed E-state index contributed by atoms with van der Waals surface area (Å²) in [5, 5.41) is 16.0. The Hall–Kier alpha value is -4.23. The fourth-order valence-corrected chi connectivity index (χ4v) is 4.23. The summed E-state index contributed by atoms with van der Waals surface area (Å²) in [6, 6.07) is 34.2. The molecule has 0 aliphatic rings. The van der Waals surface area contributed by atoms with Gasteiger partial charge in [0, 0.05) is 35.8 Å². The molecule has 0 spiro atoms. The van der Waals surface area contributed by atoms with Gasteiger partial charge >= 0.3 is 35.5 Å². The first-order valence-corrected chi connectivity index (χ1v) is 12.1. The van der Waals surface area contributed by atoms with Crippen LogP contribution in [0, 0.1) is 0 Å². The van der Waals surface area contributed by atoms with E-state index in [1.807, 2.05) is 84.9 Å². The molecule has 7 heteroatoms. The van der Waals surface area contributed by atoms with E-state index in [2.05, 4.69) is 15.6 Å². The van der Waals surface area contributed by atoms with Crippen molar-refractivity contribution in [3.63, 3.8) is 0 Å². The quantitative estimate of drug-likeness (QED) is 0.207. The molecule has 0 atom stereocenters. The van der Waals surface area contributed by atoms with Gasteiger partial charge in [0.15, 0.2) is 0 Å². The van der Waals surface area contributed by atoms with Crippen molar-refractivity contribution in [2.45, 2.75) is 6.54 Å². The summed E-state index contributed by atoms with van der Waals surface area (Å²) < 4.78 is 0. The molecule has 0 aliphatic carbocycles. The first-order valence-electron chi connectivity index (χ1n) is 12.1. The minimum absolute atomic E-state index is 0. The second-order valence-corrected chi connectivity index (χ2v) is 8.73. The van der Waals surface area contributed by atoms with Crippen LogP contribution in [0.1, 0.15) is 26.3 Å². The average Bonchev–Trinajstić information content (AvgIpc) is 2.97. The van der Waals surface area contributed by atoms with Gasteiger partial charge in [0.25, 0.3) is 5.91 Å². The number of nitrogens with zero attached hydrogens (tertiary/aromatic N) is 1. The van der Waals surface area contributed by atoms with E-state index in [4.69, 9.17) is 0 Å². The number of carboxylic acids is 1. The zero-order valence-corrected chi connectivity index (χ0v) is 20.5. The molecule has 0 saturated heterocycles. The van der Waals surface area contributed by atoms with Gasteiger partial charge in [-0.05, 0) is 41.0 Å². The van der Waals surface area contributed by atoms with Crippen LogP contribution >= 0.6 is 0 Å². The zero-order chi connectivity index (χ0) is 26.3. The van der Waals surface area contributed by atoms with Crippen LogP contribution in [0.25, 0.3) is 22.3 Å². The molecule has 0 radical (unpaired) electrons. The van der Waals surface area contributed by atoms with Crippen LogP contribution in [0.15, 0.2) is 122 Å². The second-order valence-electron chi connectivity index (χ2n) is 8.73. The predicted molar refractivity (Wildman–Crippen MR) is 157 cm³/mol. The number of carboxylic acid groups (broad SMARTS) is 1. The summed E-state index contributed by atoms with van der Waals surface area (Å²) in [6.07, 6.45) is 3.16. The van der Waals surface area contributed by atoms with Gasteiger partial charge in [-0.2, -0.15) is 0 Å².